The van der Waals surface area contributed by atoms with Crippen LogP contribution in [-0.4, -0.2) is 61.6 Å². The van der Waals surface area contributed by atoms with Gasteiger partial charge in [-0.1, -0.05) is 38.1 Å². The zero-order valence-electron chi connectivity index (χ0n) is 18.2. The number of benzene rings is 2. The summed E-state index contributed by atoms with van der Waals surface area (Å²) in [6, 6.07) is 13.2. The van der Waals surface area contributed by atoms with E-state index in [2.05, 4.69) is 53.1 Å². The number of rotatable bonds is 6. The Hall–Kier alpha value is -3.59. The topological polar surface area (TPSA) is 97.4 Å². The van der Waals surface area contributed by atoms with Crippen LogP contribution in [0.15, 0.2) is 55.1 Å². The second-order valence-corrected chi connectivity index (χ2v) is 8.27. The standard InChI is InChI=1S/C23H26N6O3/c1-17(2)19-5-3-18(4-6-19)14-26-9-11-27(12-10-26)23(30)20-7-8-21(22(13-20)29(31)32)28-16-24-15-25-28/h3-8,13,15-17H,9-12,14H2,1-2H3. The number of nitro groups is 1. The molecule has 0 bridgehead atoms. The second-order valence-electron chi connectivity index (χ2n) is 8.27. The molecule has 0 atom stereocenters. The van der Waals surface area contributed by atoms with Crippen LogP contribution in [0.4, 0.5) is 5.69 Å². The van der Waals surface area contributed by atoms with Crippen molar-refractivity contribution in [1.82, 2.24) is 24.6 Å². The lowest BCUT2D eigenvalue weighted by Gasteiger charge is -2.34. The normalized spacial score (nSPS) is 14.7. The largest absolute Gasteiger partial charge is 0.336 e. The smallest absolute Gasteiger partial charge is 0.295 e. The molecule has 1 aliphatic rings. The SMILES string of the molecule is CC(C)c1ccc(CN2CCN(C(=O)c3ccc(-n4cncn4)c([N+](=O)[O-])c3)CC2)cc1. The molecule has 1 amide bonds. The van der Waals surface area contributed by atoms with Crippen molar-refractivity contribution in [1.29, 1.82) is 0 Å². The minimum absolute atomic E-state index is 0.176. The average molecular weight is 435 g/mol. The van der Waals surface area contributed by atoms with E-state index in [4.69, 9.17) is 0 Å². The highest BCUT2D eigenvalue weighted by Crippen LogP contribution is 2.24. The van der Waals surface area contributed by atoms with Crippen LogP contribution in [-0.2, 0) is 6.54 Å². The van der Waals surface area contributed by atoms with Gasteiger partial charge in [-0.15, -0.1) is 0 Å². The fourth-order valence-corrected chi connectivity index (χ4v) is 3.89. The Balaban J connectivity index is 1.40. The molecule has 2 aromatic carbocycles. The summed E-state index contributed by atoms with van der Waals surface area (Å²) in [5.41, 5.74) is 2.99. The highest BCUT2D eigenvalue weighted by atomic mass is 16.6. The van der Waals surface area contributed by atoms with Gasteiger partial charge >= 0.3 is 0 Å². The summed E-state index contributed by atoms with van der Waals surface area (Å²) in [4.78, 5) is 31.9. The van der Waals surface area contributed by atoms with Gasteiger partial charge in [0.2, 0.25) is 0 Å². The maximum atomic E-state index is 13.0. The number of piperazine rings is 1. The fraction of sp³-hybridized carbons (Fsp3) is 0.348. The molecule has 0 N–H and O–H groups in total. The van der Waals surface area contributed by atoms with Gasteiger partial charge in [-0.05, 0) is 29.2 Å². The van der Waals surface area contributed by atoms with E-state index >= 15 is 0 Å². The number of carbonyl (C=O) groups is 1. The van der Waals surface area contributed by atoms with Crippen molar-refractivity contribution in [3.05, 3.63) is 81.9 Å². The molecule has 4 rings (SSSR count). The molecule has 0 aliphatic carbocycles. The summed E-state index contributed by atoms with van der Waals surface area (Å²) in [6.45, 7) is 7.90. The number of hydrogen-bond acceptors (Lipinski definition) is 6. The van der Waals surface area contributed by atoms with Gasteiger partial charge in [-0.25, -0.2) is 9.67 Å². The van der Waals surface area contributed by atoms with Crippen molar-refractivity contribution in [2.45, 2.75) is 26.3 Å². The van der Waals surface area contributed by atoms with Gasteiger partial charge in [0.05, 0.1) is 4.92 Å². The van der Waals surface area contributed by atoms with Gasteiger partial charge in [0.25, 0.3) is 11.6 Å². The van der Waals surface area contributed by atoms with Gasteiger partial charge < -0.3 is 4.90 Å². The molecule has 166 valence electrons. The van der Waals surface area contributed by atoms with Gasteiger partial charge in [-0.2, -0.15) is 5.10 Å². The minimum Gasteiger partial charge on any atom is -0.336 e. The first-order chi connectivity index (χ1) is 15.4. The summed E-state index contributed by atoms with van der Waals surface area (Å²) in [6.07, 6.45) is 2.69. The van der Waals surface area contributed by atoms with Gasteiger partial charge in [0.15, 0.2) is 0 Å². The first-order valence-electron chi connectivity index (χ1n) is 10.7. The van der Waals surface area contributed by atoms with Gasteiger partial charge in [0, 0.05) is 44.4 Å². The van der Waals surface area contributed by atoms with Crippen molar-refractivity contribution < 1.29 is 9.72 Å². The molecule has 1 aromatic heterocycles. The molecule has 9 nitrogen and oxygen atoms in total. The predicted octanol–water partition coefficient (Wildman–Crippen LogP) is 3.26. The van der Waals surface area contributed by atoms with Crippen LogP contribution in [0.3, 0.4) is 0 Å². The van der Waals surface area contributed by atoms with Crippen LogP contribution in [0.5, 0.6) is 0 Å². The Kier molecular flexibility index (Phi) is 6.27. The van der Waals surface area contributed by atoms with Crippen LogP contribution < -0.4 is 0 Å². The summed E-state index contributed by atoms with van der Waals surface area (Å²) >= 11 is 0. The van der Waals surface area contributed by atoms with E-state index in [-0.39, 0.29) is 17.3 Å². The van der Waals surface area contributed by atoms with E-state index in [0.29, 0.717) is 24.6 Å². The van der Waals surface area contributed by atoms with Crippen molar-refractivity contribution in [3.63, 3.8) is 0 Å². The maximum Gasteiger partial charge on any atom is 0.295 e. The third kappa shape index (κ3) is 4.67. The molecule has 0 radical (unpaired) electrons. The lowest BCUT2D eigenvalue weighted by Crippen LogP contribution is -2.48. The summed E-state index contributed by atoms with van der Waals surface area (Å²) in [7, 11) is 0. The average Bonchev–Trinajstić information content (AvgIpc) is 3.34. The number of nitro benzene ring substituents is 1. The third-order valence-electron chi connectivity index (χ3n) is 5.80. The first-order valence-corrected chi connectivity index (χ1v) is 10.7. The lowest BCUT2D eigenvalue weighted by molar-refractivity contribution is -0.384. The zero-order valence-corrected chi connectivity index (χ0v) is 18.2. The summed E-state index contributed by atoms with van der Waals surface area (Å²) < 4.78 is 1.32. The Morgan fingerprint density at radius 1 is 1.09 bits per heavy atom. The van der Waals surface area contributed by atoms with E-state index in [1.807, 2.05) is 0 Å². The molecule has 2 heterocycles. The monoisotopic (exact) mass is 434 g/mol. The highest BCUT2D eigenvalue weighted by Gasteiger charge is 2.25. The Labute approximate surface area is 186 Å². The maximum absolute atomic E-state index is 13.0. The van der Waals surface area contributed by atoms with Crippen molar-refractivity contribution >= 4 is 11.6 Å². The summed E-state index contributed by atoms with van der Waals surface area (Å²) in [5, 5.41) is 15.5. The fourth-order valence-electron chi connectivity index (χ4n) is 3.89. The molecule has 1 saturated heterocycles. The molecule has 3 aromatic rings. The molecule has 0 unspecified atom stereocenters. The molecular formula is C23H26N6O3. The highest BCUT2D eigenvalue weighted by molar-refractivity contribution is 5.95. The Morgan fingerprint density at radius 2 is 1.81 bits per heavy atom. The lowest BCUT2D eigenvalue weighted by atomic mass is 10.0. The third-order valence-corrected chi connectivity index (χ3v) is 5.80. The van der Waals surface area contributed by atoms with E-state index < -0.39 is 4.92 Å². The van der Waals surface area contributed by atoms with Gasteiger partial charge in [-0.3, -0.25) is 19.8 Å². The quantitative estimate of drug-likeness (QED) is 0.436. The van der Waals surface area contributed by atoms with Crippen LogP contribution in [0, 0.1) is 10.1 Å². The molecule has 1 aliphatic heterocycles. The molecule has 0 spiro atoms. The predicted molar refractivity (Wildman–Crippen MR) is 120 cm³/mol. The van der Waals surface area contributed by atoms with E-state index in [9.17, 15) is 14.9 Å². The number of carbonyl (C=O) groups excluding carboxylic acids is 1. The van der Waals surface area contributed by atoms with E-state index in [0.717, 1.165) is 19.6 Å². The number of amides is 1. The van der Waals surface area contributed by atoms with Crippen LogP contribution in [0.2, 0.25) is 0 Å². The van der Waals surface area contributed by atoms with Crippen molar-refractivity contribution in [3.8, 4) is 5.69 Å². The van der Waals surface area contributed by atoms with Crippen LogP contribution in [0.1, 0.15) is 41.3 Å². The van der Waals surface area contributed by atoms with Crippen molar-refractivity contribution in [2.24, 2.45) is 0 Å². The Bertz CT molecular complexity index is 1090. The number of nitrogens with zero attached hydrogens (tertiary/aromatic N) is 6. The Morgan fingerprint density at radius 3 is 2.41 bits per heavy atom. The van der Waals surface area contributed by atoms with Crippen LogP contribution >= 0.6 is 0 Å². The number of hydrogen-bond donors (Lipinski definition) is 0. The number of aromatic nitrogens is 3. The first kappa shape index (κ1) is 21.6. The molecule has 1 fully saturated rings. The summed E-state index contributed by atoms with van der Waals surface area (Å²) in [5.74, 6) is 0.318. The van der Waals surface area contributed by atoms with E-state index in [1.165, 1.54) is 40.6 Å². The minimum atomic E-state index is -0.504. The molecule has 0 saturated carbocycles. The molecule has 9 heteroatoms. The van der Waals surface area contributed by atoms with E-state index in [1.54, 1.807) is 11.0 Å². The molecular weight excluding hydrogens is 408 g/mol. The van der Waals surface area contributed by atoms with Crippen molar-refractivity contribution in [2.75, 3.05) is 26.2 Å². The second kappa shape index (κ2) is 9.27. The molecule has 32 heavy (non-hydrogen) atoms. The van der Waals surface area contributed by atoms with Gasteiger partial charge in [0.1, 0.15) is 18.3 Å². The van der Waals surface area contributed by atoms with Crippen LogP contribution in [0.25, 0.3) is 5.69 Å². The zero-order chi connectivity index (χ0) is 22.7.